The molecule has 0 saturated carbocycles. The molecule has 50 heavy (non-hydrogen) atoms. The van der Waals surface area contributed by atoms with Crippen LogP contribution in [0.1, 0.15) is 11.4 Å². The highest BCUT2D eigenvalue weighted by Crippen LogP contribution is 2.43. The zero-order chi connectivity index (χ0) is 33.9. The molecule has 0 amide bonds. The summed E-state index contributed by atoms with van der Waals surface area (Å²) in [4.78, 5) is 19.5. The average Bonchev–Trinajstić information content (AvgIpc) is 3.18. The maximum atomic E-state index is 5.01. The van der Waals surface area contributed by atoms with Crippen LogP contribution in [0.15, 0.2) is 170 Å². The van der Waals surface area contributed by atoms with Crippen molar-refractivity contribution in [2.75, 3.05) is 0 Å². The van der Waals surface area contributed by atoms with Crippen LogP contribution in [0.25, 0.3) is 78.7 Å². The van der Waals surface area contributed by atoms with Crippen LogP contribution < -0.4 is 0 Å². The molecule has 238 valence electrons. The molecule has 8 aromatic rings. The number of nitrogens with zero attached hydrogens (tertiary/aromatic N) is 4. The highest BCUT2D eigenvalue weighted by Gasteiger charge is 2.18. The molecule has 0 N–H and O–H groups in total. The first-order chi connectivity index (χ1) is 24.6. The van der Waals surface area contributed by atoms with Gasteiger partial charge in [-0.15, -0.1) is 0 Å². The van der Waals surface area contributed by atoms with Crippen molar-refractivity contribution >= 4 is 0 Å². The highest BCUT2D eigenvalue weighted by molar-refractivity contribution is 5.98. The van der Waals surface area contributed by atoms with E-state index < -0.39 is 0 Å². The fraction of sp³-hybridized carbons (Fsp3) is 0.0435. The van der Waals surface area contributed by atoms with Crippen LogP contribution >= 0.6 is 0 Å². The van der Waals surface area contributed by atoms with Gasteiger partial charge in [0.1, 0.15) is 0 Å². The van der Waals surface area contributed by atoms with Gasteiger partial charge in [0, 0.05) is 28.1 Å². The van der Waals surface area contributed by atoms with E-state index in [-0.39, 0.29) is 0 Å². The van der Waals surface area contributed by atoms with Crippen molar-refractivity contribution in [3.05, 3.63) is 181 Å². The summed E-state index contributed by atoms with van der Waals surface area (Å²) < 4.78 is 0. The third-order valence-electron chi connectivity index (χ3n) is 8.85. The number of aryl methyl sites for hydroxylation is 2. The van der Waals surface area contributed by atoms with E-state index in [1.54, 1.807) is 0 Å². The topological polar surface area (TPSA) is 51.6 Å². The number of aromatic nitrogens is 4. The summed E-state index contributed by atoms with van der Waals surface area (Å²) in [6, 6.07) is 59.3. The van der Waals surface area contributed by atoms with Crippen LogP contribution in [0.5, 0.6) is 0 Å². The van der Waals surface area contributed by atoms with E-state index in [2.05, 4.69) is 132 Å². The standard InChI is InChI=1S/C46H34N4/c1-31-27-40(28-32(2)47-31)46-49-44(37-21-13-6-14-22-37)48-45(50-46)38-25-23-36(24-26-38)43-41(34-17-9-4-10-18-34)29-39(33-15-7-3-8-16-33)30-42(43)35-19-11-5-12-20-35/h3-30H,1-2H3. The average molecular weight is 643 g/mol. The Kier molecular flexibility index (Phi) is 8.34. The van der Waals surface area contributed by atoms with Gasteiger partial charge in [0.05, 0.1) is 0 Å². The lowest BCUT2D eigenvalue weighted by Crippen LogP contribution is -2.01. The lowest BCUT2D eigenvalue weighted by molar-refractivity contribution is 1.06. The van der Waals surface area contributed by atoms with Crippen molar-refractivity contribution in [2.45, 2.75) is 13.8 Å². The first-order valence-corrected chi connectivity index (χ1v) is 16.8. The quantitative estimate of drug-likeness (QED) is 0.174. The summed E-state index contributed by atoms with van der Waals surface area (Å²) in [5.41, 5.74) is 14.0. The Morgan fingerprint density at radius 2 is 0.640 bits per heavy atom. The van der Waals surface area contributed by atoms with E-state index in [0.717, 1.165) is 33.6 Å². The third kappa shape index (κ3) is 6.35. The molecule has 4 heteroatoms. The molecule has 0 aliphatic heterocycles. The minimum absolute atomic E-state index is 0.624. The van der Waals surface area contributed by atoms with Gasteiger partial charge in [0.2, 0.25) is 0 Å². The number of pyridine rings is 1. The maximum absolute atomic E-state index is 5.01. The molecule has 4 nitrogen and oxygen atoms in total. The van der Waals surface area contributed by atoms with Gasteiger partial charge in [-0.25, -0.2) is 15.0 Å². The van der Waals surface area contributed by atoms with Crippen LogP contribution in [0.3, 0.4) is 0 Å². The second kappa shape index (κ2) is 13.5. The van der Waals surface area contributed by atoms with Gasteiger partial charge < -0.3 is 0 Å². The Morgan fingerprint density at radius 3 is 1.10 bits per heavy atom. The van der Waals surface area contributed by atoms with Crippen molar-refractivity contribution < 1.29 is 0 Å². The zero-order valence-electron chi connectivity index (χ0n) is 28.0. The van der Waals surface area contributed by atoms with Crippen molar-refractivity contribution in [3.8, 4) is 78.7 Å². The lowest BCUT2D eigenvalue weighted by Gasteiger charge is -2.19. The SMILES string of the molecule is Cc1cc(-c2nc(-c3ccccc3)nc(-c3ccc(-c4c(-c5ccccc5)cc(-c5ccccc5)cc4-c4ccccc4)cc3)n2)cc(C)n1. The zero-order valence-corrected chi connectivity index (χ0v) is 28.0. The normalized spacial score (nSPS) is 11.0. The van der Waals surface area contributed by atoms with E-state index in [4.69, 9.17) is 15.0 Å². The monoisotopic (exact) mass is 642 g/mol. The minimum atomic E-state index is 0.624. The van der Waals surface area contributed by atoms with Gasteiger partial charge >= 0.3 is 0 Å². The number of hydrogen-bond acceptors (Lipinski definition) is 4. The van der Waals surface area contributed by atoms with Gasteiger partial charge in [0.25, 0.3) is 0 Å². The summed E-state index contributed by atoms with van der Waals surface area (Å²) in [6.45, 7) is 3.99. The number of rotatable bonds is 7. The molecular formula is C46H34N4. The van der Waals surface area contributed by atoms with E-state index in [0.29, 0.717) is 17.5 Å². The second-order valence-corrected chi connectivity index (χ2v) is 12.4. The van der Waals surface area contributed by atoms with Crippen molar-refractivity contribution in [2.24, 2.45) is 0 Å². The third-order valence-corrected chi connectivity index (χ3v) is 8.85. The summed E-state index contributed by atoms with van der Waals surface area (Å²) in [6.07, 6.45) is 0. The van der Waals surface area contributed by atoms with Crippen molar-refractivity contribution in [3.63, 3.8) is 0 Å². The molecule has 0 atom stereocenters. The molecule has 0 radical (unpaired) electrons. The Bertz CT molecular complexity index is 2330. The summed E-state index contributed by atoms with van der Waals surface area (Å²) in [7, 11) is 0. The molecule has 0 saturated heterocycles. The molecule has 8 rings (SSSR count). The van der Waals surface area contributed by atoms with E-state index in [1.165, 1.54) is 38.9 Å². The Morgan fingerprint density at radius 1 is 0.280 bits per heavy atom. The molecule has 2 heterocycles. The molecule has 0 spiro atoms. The van der Waals surface area contributed by atoms with Crippen LogP contribution in [-0.2, 0) is 0 Å². The van der Waals surface area contributed by atoms with Gasteiger partial charge in [-0.05, 0) is 82.6 Å². The molecule has 0 fully saturated rings. The molecule has 6 aromatic carbocycles. The molecule has 0 unspecified atom stereocenters. The Balaban J connectivity index is 1.30. The molecule has 0 bridgehead atoms. The minimum Gasteiger partial charge on any atom is -0.258 e. The maximum Gasteiger partial charge on any atom is 0.164 e. The van der Waals surface area contributed by atoms with Crippen LogP contribution in [0.4, 0.5) is 0 Å². The van der Waals surface area contributed by atoms with Crippen LogP contribution in [0, 0.1) is 13.8 Å². The molecule has 0 aliphatic carbocycles. The predicted molar refractivity (Wildman–Crippen MR) is 205 cm³/mol. The summed E-state index contributed by atoms with van der Waals surface area (Å²) >= 11 is 0. The van der Waals surface area contributed by atoms with Gasteiger partial charge in [-0.1, -0.05) is 146 Å². The molecule has 2 aromatic heterocycles. The van der Waals surface area contributed by atoms with Crippen LogP contribution in [0.2, 0.25) is 0 Å². The van der Waals surface area contributed by atoms with E-state index in [9.17, 15) is 0 Å². The van der Waals surface area contributed by atoms with Crippen LogP contribution in [-0.4, -0.2) is 19.9 Å². The fourth-order valence-corrected chi connectivity index (χ4v) is 6.54. The molecular weight excluding hydrogens is 609 g/mol. The second-order valence-electron chi connectivity index (χ2n) is 12.4. The van der Waals surface area contributed by atoms with E-state index >= 15 is 0 Å². The van der Waals surface area contributed by atoms with Crippen molar-refractivity contribution in [1.29, 1.82) is 0 Å². The lowest BCUT2D eigenvalue weighted by atomic mass is 9.84. The van der Waals surface area contributed by atoms with E-state index in [1.807, 2.05) is 56.3 Å². The summed E-state index contributed by atoms with van der Waals surface area (Å²) in [5, 5.41) is 0. The molecule has 0 aliphatic rings. The van der Waals surface area contributed by atoms with Gasteiger partial charge in [0.15, 0.2) is 17.5 Å². The Labute approximate surface area is 292 Å². The number of benzene rings is 6. The summed E-state index contributed by atoms with van der Waals surface area (Å²) in [5.74, 6) is 1.88. The van der Waals surface area contributed by atoms with Gasteiger partial charge in [-0.2, -0.15) is 0 Å². The number of hydrogen-bond donors (Lipinski definition) is 0. The Hall–Kier alpha value is -6.52. The smallest absolute Gasteiger partial charge is 0.164 e. The predicted octanol–water partition coefficient (Wildman–Crippen LogP) is 11.6. The fourth-order valence-electron chi connectivity index (χ4n) is 6.54. The van der Waals surface area contributed by atoms with Gasteiger partial charge in [-0.3, -0.25) is 4.98 Å². The highest BCUT2D eigenvalue weighted by atomic mass is 15.0. The van der Waals surface area contributed by atoms with Crippen molar-refractivity contribution in [1.82, 2.24) is 19.9 Å². The first-order valence-electron chi connectivity index (χ1n) is 16.8. The largest absolute Gasteiger partial charge is 0.258 e. The first kappa shape index (κ1) is 30.8.